The minimum absolute atomic E-state index is 0.134. The van der Waals surface area contributed by atoms with Crippen molar-refractivity contribution >= 4 is 5.91 Å². The summed E-state index contributed by atoms with van der Waals surface area (Å²) in [5.74, 6) is 4.55. The number of hydrazine groups is 1. The van der Waals surface area contributed by atoms with E-state index in [-0.39, 0.29) is 11.1 Å². The highest BCUT2D eigenvalue weighted by Crippen LogP contribution is 2.07. The molecule has 0 unspecified atom stereocenters. The Morgan fingerprint density at radius 1 is 1.47 bits per heavy atom. The van der Waals surface area contributed by atoms with Gasteiger partial charge in [0.25, 0.3) is 11.5 Å². The number of rotatable bonds is 4. The number of pyridine rings is 1. The highest BCUT2D eigenvalue weighted by atomic mass is 16.2. The van der Waals surface area contributed by atoms with Gasteiger partial charge in [-0.05, 0) is 31.9 Å². The van der Waals surface area contributed by atoms with Crippen molar-refractivity contribution in [3.05, 3.63) is 33.2 Å². The summed E-state index contributed by atoms with van der Waals surface area (Å²) < 4.78 is 1.63. The Balaban J connectivity index is 3.33. The van der Waals surface area contributed by atoms with Crippen LogP contribution >= 0.6 is 0 Å². The number of hydrogen-bond donors (Lipinski definition) is 2. The van der Waals surface area contributed by atoms with Crippen molar-refractivity contribution in [3.8, 4) is 0 Å². The molecular formula is C12H19N3O2. The zero-order valence-electron chi connectivity index (χ0n) is 10.5. The molecular weight excluding hydrogens is 218 g/mol. The standard InChI is InChI=1S/C12H19N3O2/c1-4-5-6-15-9(3)7-8(2)10(12(15)17)11(16)14-13/h7H,4-6,13H2,1-3H3,(H,14,16). The molecule has 1 amide bonds. The molecule has 17 heavy (non-hydrogen) atoms. The Kier molecular flexibility index (Phi) is 4.45. The van der Waals surface area contributed by atoms with E-state index in [1.54, 1.807) is 11.5 Å². The van der Waals surface area contributed by atoms with E-state index in [0.29, 0.717) is 12.1 Å². The molecule has 0 aliphatic carbocycles. The average molecular weight is 237 g/mol. The maximum absolute atomic E-state index is 12.2. The van der Waals surface area contributed by atoms with Crippen LogP contribution in [0.1, 0.15) is 41.4 Å². The number of hydrogen-bond acceptors (Lipinski definition) is 3. The third-order valence-electron chi connectivity index (χ3n) is 2.80. The smallest absolute Gasteiger partial charge is 0.271 e. The maximum Gasteiger partial charge on any atom is 0.271 e. The van der Waals surface area contributed by atoms with Crippen LogP contribution in [0.4, 0.5) is 0 Å². The third-order valence-corrected chi connectivity index (χ3v) is 2.80. The fourth-order valence-corrected chi connectivity index (χ4v) is 1.87. The minimum Gasteiger partial charge on any atom is -0.312 e. The van der Waals surface area contributed by atoms with Gasteiger partial charge < -0.3 is 4.57 Å². The lowest BCUT2D eigenvalue weighted by Crippen LogP contribution is -2.38. The highest BCUT2D eigenvalue weighted by molar-refractivity contribution is 5.94. The Morgan fingerprint density at radius 2 is 2.12 bits per heavy atom. The Bertz CT molecular complexity index is 477. The molecule has 5 heteroatoms. The van der Waals surface area contributed by atoms with Crippen LogP contribution in [0.2, 0.25) is 0 Å². The van der Waals surface area contributed by atoms with Crippen molar-refractivity contribution in [2.24, 2.45) is 5.84 Å². The Morgan fingerprint density at radius 3 is 2.65 bits per heavy atom. The molecule has 0 aliphatic heterocycles. The SMILES string of the molecule is CCCCn1c(C)cc(C)c(C(=O)NN)c1=O. The Hall–Kier alpha value is -1.62. The molecule has 1 aromatic heterocycles. The quantitative estimate of drug-likeness (QED) is 0.463. The molecule has 0 saturated heterocycles. The zero-order valence-corrected chi connectivity index (χ0v) is 10.5. The van der Waals surface area contributed by atoms with Gasteiger partial charge in [0.1, 0.15) is 5.56 Å². The predicted octanol–water partition coefficient (Wildman–Crippen LogP) is 0.869. The van der Waals surface area contributed by atoms with Crippen molar-refractivity contribution < 1.29 is 4.79 Å². The van der Waals surface area contributed by atoms with Gasteiger partial charge in [-0.15, -0.1) is 0 Å². The zero-order chi connectivity index (χ0) is 13.0. The summed E-state index contributed by atoms with van der Waals surface area (Å²) in [7, 11) is 0. The first-order valence-corrected chi connectivity index (χ1v) is 5.74. The maximum atomic E-state index is 12.2. The number of nitrogen functional groups attached to an aromatic ring is 1. The van der Waals surface area contributed by atoms with Crippen LogP contribution < -0.4 is 16.8 Å². The van der Waals surface area contributed by atoms with Gasteiger partial charge in [-0.2, -0.15) is 0 Å². The molecule has 0 aromatic carbocycles. The summed E-state index contributed by atoms with van der Waals surface area (Å²) in [5.41, 5.74) is 3.41. The molecule has 0 saturated carbocycles. The Labute approximate surface area is 101 Å². The average Bonchev–Trinajstić information content (AvgIpc) is 2.28. The van der Waals surface area contributed by atoms with Crippen LogP contribution in [0, 0.1) is 13.8 Å². The first-order chi connectivity index (χ1) is 8.02. The summed E-state index contributed by atoms with van der Waals surface area (Å²) in [6, 6.07) is 1.83. The molecule has 0 bridgehead atoms. The largest absolute Gasteiger partial charge is 0.312 e. The van der Waals surface area contributed by atoms with Crippen LogP contribution in [0.15, 0.2) is 10.9 Å². The van der Waals surface area contributed by atoms with Gasteiger partial charge >= 0.3 is 0 Å². The lowest BCUT2D eigenvalue weighted by Gasteiger charge is -2.13. The summed E-state index contributed by atoms with van der Waals surface area (Å²) in [4.78, 5) is 23.7. The highest BCUT2D eigenvalue weighted by Gasteiger charge is 2.16. The topological polar surface area (TPSA) is 77.1 Å². The summed E-state index contributed by atoms with van der Waals surface area (Å²) >= 11 is 0. The molecule has 3 N–H and O–H groups in total. The number of unbranched alkanes of at least 4 members (excludes halogenated alkanes) is 1. The number of nitrogens with one attached hydrogen (secondary N) is 1. The molecule has 1 aromatic rings. The molecule has 0 aliphatic rings. The van der Waals surface area contributed by atoms with E-state index >= 15 is 0 Å². The van der Waals surface area contributed by atoms with Crippen molar-refractivity contribution in [2.75, 3.05) is 0 Å². The van der Waals surface area contributed by atoms with Gasteiger partial charge in [-0.25, -0.2) is 5.84 Å². The van der Waals surface area contributed by atoms with Crippen LogP contribution in [0.5, 0.6) is 0 Å². The lowest BCUT2D eigenvalue weighted by atomic mass is 10.1. The fraction of sp³-hybridized carbons (Fsp3) is 0.500. The number of nitrogens with zero attached hydrogens (tertiary/aromatic N) is 1. The van der Waals surface area contributed by atoms with Crippen molar-refractivity contribution in [2.45, 2.75) is 40.2 Å². The summed E-state index contributed by atoms with van der Waals surface area (Å²) in [6.45, 7) is 6.30. The predicted molar refractivity (Wildman–Crippen MR) is 66.7 cm³/mol. The third kappa shape index (κ3) is 2.74. The van der Waals surface area contributed by atoms with Crippen LogP contribution in [0.25, 0.3) is 0 Å². The monoisotopic (exact) mass is 237 g/mol. The van der Waals surface area contributed by atoms with Crippen LogP contribution in [0.3, 0.4) is 0 Å². The summed E-state index contributed by atoms with van der Waals surface area (Å²) in [6.07, 6.45) is 1.91. The normalized spacial score (nSPS) is 10.4. The van der Waals surface area contributed by atoms with Crippen LogP contribution in [-0.4, -0.2) is 10.5 Å². The number of aromatic nitrogens is 1. The van der Waals surface area contributed by atoms with E-state index in [2.05, 4.69) is 6.92 Å². The first-order valence-electron chi connectivity index (χ1n) is 5.74. The van der Waals surface area contributed by atoms with Gasteiger partial charge in [0.2, 0.25) is 0 Å². The van der Waals surface area contributed by atoms with Crippen molar-refractivity contribution in [1.82, 2.24) is 9.99 Å². The second-order valence-corrected chi connectivity index (χ2v) is 4.13. The molecule has 0 radical (unpaired) electrons. The second-order valence-electron chi connectivity index (χ2n) is 4.13. The van der Waals surface area contributed by atoms with Gasteiger partial charge in [0.05, 0.1) is 0 Å². The van der Waals surface area contributed by atoms with Crippen molar-refractivity contribution in [3.63, 3.8) is 0 Å². The number of amides is 1. The second kappa shape index (κ2) is 5.63. The molecule has 5 nitrogen and oxygen atoms in total. The molecule has 1 heterocycles. The van der Waals surface area contributed by atoms with E-state index in [0.717, 1.165) is 18.5 Å². The van der Waals surface area contributed by atoms with E-state index in [1.807, 2.05) is 18.4 Å². The van der Waals surface area contributed by atoms with Gasteiger partial charge in [-0.3, -0.25) is 15.0 Å². The van der Waals surface area contributed by atoms with Gasteiger partial charge in [-0.1, -0.05) is 13.3 Å². The molecule has 0 fully saturated rings. The summed E-state index contributed by atoms with van der Waals surface area (Å²) in [5, 5.41) is 0. The lowest BCUT2D eigenvalue weighted by molar-refractivity contribution is 0.0951. The van der Waals surface area contributed by atoms with E-state index in [4.69, 9.17) is 5.84 Å². The number of aryl methyl sites for hydroxylation is 2. The van der Waals surface area contributed by atoms with E-state index < -0.39 is 5.91 Å². The van der Waals surface area contributed by atoms with E-state index in [9.17, 15) is 9.59 Å². The number of carbonyl (C=O) groups is 1. The van der Waals surface area contributed by atoms with Crippen molar-refractivity contribution in [1.29, 1.82) is 0 Å². The van der Waals surface area contributed by atoms with Gasteiger partial charge in [0.15, 0.2) is 0 Å². The molecule has 94 valence electrons. The fourth-order valence-electron chi connectivity index (χ4n) is 1.87. The number of nitrogens with two attached hydrogens (primary N) is 1. The van der Waals surface area contributed by atoms with E-state index in [1.165, 1.54) is 0 Å². The van der Waals surface area contributed by atoms with Gasteiger partial charge in [0, 0.05) is 12.2 Å². The molecule has 0 spiro atoms. The first kappa shape index (κ1) is 13.4. The van der Waals surface area contributed by atoms with Crippen LogP contribution in [-0.2, 0) is 6.54 Å². The molecule has 0 atom stereocenters. The molecule has 1 rings (SSSR count). The number of carbonyl (C=O) groups excluding carboxylic acids is 1. The minimum atomic E-state index is -0.530.